The number of alkyl carbamates (subject to hydrolysis) is 1. The molecule has 0 aliphatic carbocycles. The first kappa shape index (κ1) is 17.5. The molecule has 22 heavy (non-hydrogen) atoms. The van der Waals surface area contributed by atoms with Crippen LogP contribution in [0.5, 0.6) is 0 Å². The molecule has 2 fully saturated rings. The Morgan fingerprint density at radius 3 is 2.73 bits per heavy atom. The summed E-state index contributed by atoms with van der Waals surface area (Å²) in [4.78, 5) is 14.4. The highest BCUT2D eigenvalue weighted by molar-refractivity contribution is 5.67. The number of carbonyl (C=O) groups excluding carboxylic acids is 1. The number of amides is 1. The van der Waals surface area contributed by atoms with Gasteiger partial charge in [0.2, 0.25) is 0 Å². The molecule has 0 aromatic rings. The average molecular weight is 311 g/mol. The van der Waals surface area contributed by atoms with Crippen molar-refractivity contribution in [3.8, 4) is 0 Å². The van der Waals surface area contributed by atoms with Crippen molar-refractivity contribution in [3.05, 3.63) is 0 Å². The maximum absolute atomic E-state index is 11.8. The second-order valence-corrected chi connectivity index (χ2v) is 7.65. The number of rotatable bonds is 5. The number of nitrogens with one attached hydrogen (secondary N) is 2. The van der Waals surface area contributed by atoms with Crippen molar-refractivity contribution in [2.45, 2.75) is 83.5 Å². The molecule has 0 bridgehead atoms. The normalized spacial score (nSPS) is 27.3. The molecule has 2 heterocycles. The molecule has 0 spiro atoms. The largest absolute Gasteiger partial charge is 0.444 e. The van der Waals surface area contributed by atoms with E-state index in [9.17, 15) is 4.79 Å². The minimum atomic E-state index is -0.437. The van der Waals surface area contributed by atoms with Gasteiger partial charge in [-0.3, -0.25) is 4.90 Å². The van der Waals surface area contributed by atoms with Gasteiger partial charge in [-0.1, -0.05) is 13.3 Å². The first-order chi connectivity index (χ1) is 10.4. The SMILES string of the molecule is CCC(CNC(=O)OC(C)(C)C)NC1CCN2CCCCC12. The lowest BCUT2D eigenvalue weighted by Gasteiger charge is -2.34. The first-order valence-corrected chi connectivity index (χ1v) is 8.86. The van der Waals surface area contributed by atoms with Crippen LogP contribution in [0.25, 0.3) is 0 Å². The van der Waals surface area contributed by atoms with Crippen LogP contribution in [0.1, 0.15) is 59.8 Å². The van der Waals surface area contributed by atoms with Crippen molar-refractivity contribution in [2.24, 2.45) is 0 Å². The number of hydrogen-bond donors (Lipinski definition) is 2. The summed E-state index contributed by atoms with van der Waals surface area (Å²) >= 11 is 0. The van der Waals surface area contributed by atoms with Crippen LogP contribution in [-0.4, -0.2) is 54.4 Å². The van der Waals surface area contributed by atoms with Crippen LogP contribution in [0.3, 0.4) is 0 Å². The van der Waals surface area contributed by atoms with Gasteiger partial charge in [-0.05, 0) is 53.0 Å². The van der Waals surface area contributed by atoms with Crippen LogP contribution in [0.2, 0.25) is 0 Å². The quantitative estimate of drug-likeness (QED) is 0.819. The molecule has 5 heteroatoms. The third kappa shape index (κ3) is 5.13. The average Bonchev–Trinajstić information content (AvgIpc) is 2.85. The van der Waals surface area contributed by atoms with Gasteiger partial charge < -0.3 is 15.4 Å². The monoisotopic (exact) mass is 311 g/mol. The molecule has 0 radical (unpaired) electrons. The number of hydrogen-bond acceptors (Lipinski definition) is 4. The lowest BCUT2D eigenvalue weighted by molar-refractivity contribution is 0.0520. The van der Waals surface area contributed by atoms with E-state index in [0.29, 0.717) is 24.7 Å². The van der Waals surface area contributed by atoms with Crippen LogP contribution in [0, 0.1) is 0 Å². The second kappa shape index (κ2) is 7.64. The Kier molecular flexibility index (Phi) is 6.09. The van der Waals surface area contributed by atoms with Crippen molar-refractivity contribution in [1.82, 2.24) is 15.5 Å². The smallest absolute Gasteiger partial charge is 0.407 e. The molecule has 0 saturated carbocycles. The van der Waals surface area contributed by atoms with E-state index in [1.165, 1.54) is 38.8 Å². The highest BCUT2D eigenvalue weighted by Crippen LogP contribution is 2.27. The molecule has 3 atom stereocenters. The molecule has 2 aliphatic rings. The van der Waals surface area contributed by atoms with Crippen LogP contribution in [0.15, 0.2) is 0 Å². The number of nitrogens with zero attached hydrogens (tertiary/aromatic N) is 1. The summed E-state index contributed by atoms with van der Waals surface area (Å²) in [5, 5.41) is 6.67. The van der Waals surface area contributed by atoms with E-state index in [4.69, 9.17) is 4.74 Å². The topological polar surface area (TPSA) is 53.6 Å². The summed E-state index contributed by atoms with van der Waals surface area (Å²) in [7, 11) is 0. The Morgan fingerprint density at radius 2 is 2.05 bits per heavy atom. The Labute approximate surface area is 135 Å². The van der Waals surface area contributed by atoms with E-state index in [1.807, 2.05) is 20.8 Å². The van der Waals surface area contributed by atoms with Crippen molar-refractivity contribution in [2.75, 3.05) is 19.6 Å². The Bertz CT molecular complexity index is 367. The zero-order valence-corrected chi connectivity index (χ0v) is 14.7. The summed E-state index contributed by atoms with van der Waals surface area (Å²) in [5.41, 5.74) is -0.437. The van der Waals surface area contributed by atoms with Gasteiger partial charge in [0.05, 0.1) is 0 Å². The van der Waals surface area contributed by atoms with E-state index in [2.05, 4.69) is 22.5 Å². The molecule has 5 nitrogen and oxygen atoms in total. The van der Waals surface area contributed by atoms with Gasteiger partial charge in [0.15, 0.2) is 0 Å². The van der Waals surface area contributed by atoms with E-state index in [1.54, 1.807) is 0 Å². The van der Waals surface area contributed by atoms with Gasteiger partial charge in [0, 0.05) is 31.2 Å². The van der Waals surface area contributed by atoms with Crippen LogP contribution in [0.4, 0.5) is 4.79 Å². The third-order valence-electron chi connectivity index (χ3n) is 4.69. The fourth-order valence-electron chi connectivity index (χ4n) is 3.59. The second-order valence-electron chi connectivity index (χ2n) is 7.65. The summed E-state index contributed by atoms with van der Waals surface area (Å²) in [6.07, 6.45) is 5.94. The van der Waals surface area contributed by atoms with E-state index in [0.717, 1.165) is 6.42 Å². The number of carbonyl (C=O) groups is 1. The Morgan fingerprint density at radius 1 is 1.27 bits per heavy atom. The highest BCUT2D eigenvalue weighted by atomic mass is 16.6. The van der Waals surface area contributed by atoms with Gasteiger partial charge in [-0.2, -0.15) is 0 Å². The molecule has 128 valence electrons. The zero-order valence-electron chi connectivity index (χ0n) is 14.7. The number of piperidine rings is 1. The van der Waals surface area contributed by atoms with Crippen molar-refractivity contribution >= 4 is 6.09 Å². The minimum absolute atomic E-state index is 0.319. The van der Waals surface area contributed by atoms with Gasteiger partial charge in [-0.15, -0.1) is 0 Å². The lowest BCUT2D eigenvalue weighted by Crippen LogP contribution is -2.51. The fourth-order valence-corrected chi connectivity index (χ4v) is 3.59. The van der Waals surface area contributed by atoms with Crippen molar-refractivity contribution in [3.63, 3.8) is 0 Å². The molecule has 3 unspecified atom stereocenters. The Balaban J connectivity index is 1.76. The molecule has 2 N–H and O–H groups in total. The third-order valence-corrected chi connectivity index (χ3v) is 4.69. The van der Waals surface area contributed by atoms with Crippen LogP contribution < -0.4 is 10.6 Å². The molecule has 0 aromatic carbocycles. The molecular formula is C17H33N3O2. The van der Waals surface area contributed by atoms with Gasteiger partial charge in [0.1, 0.15) is 5.60 Å². The highest BCUT2D eigenvalue weighted by Gasteiger charge is 2.36. The van der Waals surface area contributed by atoms with Gasteiger partial charge in [-0.25, -0.2) is 4.79 Å². The number of fused-ring (bicyclic) bond motifs is 1. The first-order valence-electron chi connectivity index (χ1n) is 8.86. The predicted octanol–water partition coefficient (Wildman–Crippen LogP) is 2.51. The van der Waals surface area contributed by atoms with Crippen molar-refractivity contribution < 1.29 is 9.53 Å². The van der Waals surface area contributed by atoms with Crippen molar-refractivity contribution in [1.29, 1.82) is 0 Å². The molecule has 2 aliphatic heterocycles. The molecule has 0 aromatic heterocycles. The van der Waals surface area contributed by atoms with Gasteiger partial charge >= 0.3 is 6.09 Å². The van der Waals surface area contributed by atoms with E-state index in [-0.39, 0.29) is 6.09 Å². The van der Waals surface area contributed by atoms with Crippen LogP contribution >= 0.6 is 0 Å². The zero-order chi connectivity index (χ0) is 16.2. The maximum atomic E-state index is 11.8. The van der Waals surface area contributed by atoms with Crippen LogP contribution in [-0.2, 0) is 4.74 Å². The standard InChI is InChI=1S/C17H33N3O2/c1-5-13(12-18-16(21)22-17(2,3)4)19-14-9-11-20-10-7-6-8-15(14)20/h13-15,19H,5-12H2,1-4H3,(H,18,21). The summed E-state index contributed by atoms with van der Waals surface area (Å²) in [6, 6.07) is 1.59. The molecule has 1 amide bonds. The lowest BCUT2D eigenvalue weighted by atomic mass is 9.98. The van der Waals surface area contributed by atoms with E-state index < -0.39 is 5.60 Å². The summed E-state index contributed by atoms with van der Waals surface area (Å²) < 4.78 is 5.30. The summed E-state index contributed by atoms with van der Waals surface area (Å²) in [5.74, 6) is 0. The molecule has 2 rings (SSSR count). The molecular weight excluding hydrogens is 278 g/mol. The summed E-state index contributed by atoms with van der Waals surface area (Å²) in [6.45, 7) is 10.9. The Hall–Kier alpha value is -0.810. The number of ether oxygens (including phenoxy) is 1. The minimum Gasteiger partial charge on any atom is -0.444 e. The molecule has 2 saturated heterocycles. The predicted molar refractivity (Wildman–Crippen MR) is 89.1 cm³/mol. The van der Waals surface area contributed by atoms with E-state index >= 15 is 0 Å². The fraction of sp³-hybridized carbons (Fsp3) is 0.941. The van der Waals surface area contributed by atoms with Gasteiger partial charge in [0.25, 0.3) is 0 Å². The maximum Gasteiger partial charge on any atom is 0.407 e.